The molecule has 19 heavy (non-hydrogen) atoms. The van der Waals surface area contributed by atoms with Gasteiger partial charge < -0.3 is 15.4 Å². The summed E-state index contributed by atoms with van der Waals surface area (Å²) in [7, 11) is 4.39. The Morgan fingerprint density at radius 3 is 2.00 bits per heavy atom. The second-order valence-corrected chi connectivity index (χ2v) is 8.01. The third-order valence-corrected chi connectivity index (χ3v) is 5.56. The van der Waals surface area contributed by atoms with Crippen LogP contribution in [-0.4, -0.2) is 41.8 Å². The van der Waals surface area contributed by atoms with E-state index in [0.29, 0.717) is 5.92 Å². The normalized spacial score (nSPS) is 33.8. The van der Waals surface area contributed by atoms with Gasteiger partial charge in [0.1, 0.15) is 0 Å². The third-order valence-electron chi connectivity index (χ3n) is 5.56. The Morgan fingerprint density at radius 1 is 1.11 bits per heavy atom. The minimum atomic E-state index is -0.117. The number of rotatable bonds is 3. The van der Waals surface area contributed by atoms with Crippen molar-refractivity contribution < 1.29 is 4.74 Å². The van der Waals surface area contributed by atoms with E-state index in [1.807, 2.05) is 0 Å². The van der Waals surface area contributed by atoms with Gasteiger partial charge in [-0.1, -0.05) is 12.8 Å². The predicted octanol–water partition coefficient (Wildman–Crippen LogP) is 2.78. The summed E-state index contributed by atoms with van der Waals surface area (Å²) >= 11 is 0. The van der Waals surface area contributed by atoms with Crippen molar-refractivity contribution in [2.24, 2.45) is 11.7 Å². The van der Waals surface area contributed by atoms with E-state index in [9.17, 15) is 0 Å². The zero-order valence-corrected chi connectivity index (χ0v) is 13.6. The molecule has 0 radical (unpaired) electrons. The van der Waals surface area contributed by atoms with E-state index in [1.165, 1.54) is 25.7 Å². The van der Waals surface area contributed by atoms with E-state index < -0.39 is 0 Å². The van der Waals surface area contributed by atoms with Crippen LogP contribution in [0.25, 0.3) is 0 Å². The van der Waals surface area contributed by atoms with Crippen molar-refractivity contribution >= 4 is 0 Å². The smallest absolute Gasteiger partial charge is 0.0678 e. The monoisotopic (exact) mass is 268 g/mol. The maximum absolute atomic E-state index is 6.80. The zero-order chi connectivity index (χ0) is 14.5. The van der Waals surface area contributed by atoms with Crippen LogP contribution in [0.1, 0.15) is 59.8 Å². The van der Waals surface area contributed by atoms with Crippen LogP contribution in [0.3, 0.4) is 0 Å². The van der Waals surface area contributed by atoms with Crippen LogP contribution >= 0.6 is 0 Å². The summed E-state index contributed by atoms with van der Waals surface area (Å²) in [5, 5.41) is 0. The molecule has 0 aromatic carbocycles. The van der Waals surface area contributed by atoms with Crippen LogP contribution in [0, 0.1) is 5.92 Å². The largest absolute Gasteiger partial charge is 0.369 e. The molecule has 2 unspecified atom stereocenters. The molecule has 1 saturated carbocycles. The highest BCUT2D eigenvalue weighted by Gasteiger charge is 2.54. The first-order chi connectivity index (χ1) is 8.61. The highest BCUT2D eigenvalue weighted by Crippen LogP contribution is 2.48. The van der Waals surface area contributed by atoms with E-state index >= 15 is 0 Å². The van der Waals surface area contributed by atoms with E-state index in [1.54, 1.807) is 0 Å². The Morgan fingerprint density at radius 2 is 1.63 bits per heavy atom. The molecule has 3 heteroatoms. The molecule has 1 saturated heterocycles. The minimum absolute atomic E-state index is 0.0438. The molecule has 0 spiro atoms. The second-order valence-electron chi connectivity index (χ2n) is 8.01. The molecule has 1 aliphatic heterocycles. The molecule has 112 valence electrons. The maximum atomic E-state index is 6.80. The van der Waals surface area contributed by atoms with Gasteiger partial charge in [-0.2, -0.15) is 0 Å². The van der Waals surface area contributed by atoms with Gasteiger partial charge in [-0.15, -0.1) is 0 Å². The first-order valence-corrected chi connectivity index (χ1v) is 7.74. The number of hydrogen-bond donors (Lipinski definition) is 1. The predicted molar refractivity (Wildman–Crippen MR) is 80.2 cm³/mol. The van der Waals surface area contributed by atoms with Gasteiger partial charge in [0.05, 0.1) is 11.2 Å². The number of ether oxygens (including phenoxy) is 1. The lowest BCUT2D eigenvalue weighted by atomic mass is 9.72. The van der Waals surface area contributed by atoms with Gasteiger partial charge >= 0.3 is 0 Å². The summed E-state index contributed by atoms with van der Waals surface area (Å²) in [4.78, 5) is 2.38. The molecule has 2 atom stereocenters. The summed E-state index contributed by atoms with van der Waals surface area (Å²) in [5.74, 6) is 0.433. The van der Waals surface area contributed by atoms with Crippen LogP contribution in [0.15, 0.2) is 0 Å². The standard InChI is InChI=1S/C16H32N2O/c1-14(2)11-12(15(3,4)19-14)13(17)16(18(5)6)9-7-8-10-16/h12-13H,7-11,17H2,1-6H3. The van der Waals surface area contributed by atoms with Crippen molar-refractivity contribution in [3.05, 3.63) is 0 Å². The minimum Gasteiger partial charge on any atom is -0.369 e. The summed E-state index contributed by atoms with van der Waals surface area (Å²) < 4.78 is 6.26. The lowest BCUT2D eigenvalue weighted by molar-refractivity contribution is -0.0821. The first-order valence-electron chi connectivity index (χ1n) is 7.74. The van der Waals surface area contributed by atoms with Crippen molar-refractivity contribution in [3.63, 3.8) is 0 Å². The van der Waals surface area contributed by atoms with Crippen molar-refractivity contribution in [2.75, 3.05) is 14.1 Å². The summed E-state index contributed by atoms with van der Waals surface area (Å²) in [5.41, 5.74) is 6.81. The van der Waals surface area contributed by atoms with Crippen LogP contribution in [-0.2, 0) is 4.74 Å². The molecule has 3 nitrogen and oxygen atoms in total. The first kappa shape index (κ1) is 15.3. The van der Waals surface area contributed by atoms with Gasteiger partial charge in [0.15, 0.2) is 0 Å². The lowest BCUT2D eigenvalue weighted by Crippen LogP contribution is -2.61. The fourth-order valence-electron chi connectivity index (χ4n) is 4.60. The Bertz CT molecular complexity index is 330. The molecule has 1 heterocycles. The zero-order valence-electron chi connectivity index (χ0n) is 13.6. The van der Waals surface area contributed by atoms with Gasteiger partial charge in [-0.3, -0.25) is 0 Å². The number of hydrogen-bond acceptors (Lipinski definition) is 3. The lowest BCUT2D eigenvalue weighted by Gasteiger charge is -2.46. The summed E-state index contributed by atoms with van der Waals surface area (Å²) in [6.07, 6.45) is 6.14. The van der Waals surface area contributed by atoms with Crippen LogP contribution in [0.5, 0.6) is 0 Å². The summed E-state index contributed by atoms with van der Waals surface area (Å²) in [6, 6.07) is 0.196. The van der Waals surface area contributed by atoms with E-state index in [2.05, 4.69) is 46.7 Å². The SMILES string of the molecule is CN(C)C1(C(N)C2CC(C)(C)OC2(C)C)CCCC1. The maximum Gasteiger partial charge on any atom is 0.0678 e. The number of nitrogens with zero attached hydrogens (tertiary/aromatic N) is 1. The van der Waals surface area contributed by atoms with Crippen molar-refractivity contribution in [1.82, 2.24) is 4.90 Å². The van der Waals surface area contributed by atoms with Gasteiger partial charge in [0, 0.05) is 17.5 Å². The highest BCUT2D eigenvalue weighted by molar-refractivity contribution is 5.09. The third kappa shape index (κ3) is 2.57. The Kier molecular flexibility index (Phi) is 3.79. The average Bonchev–Trinajstić information content (AvgIpc) is 2.80. The fraction of sp³-hybridized carbons (Fsp3) is 1.00. The molecule has 2 rings (SSSR count). The molecule has 2 fully saturated rings. The van der Waals surface area contributed by atoms with Gasteiger partial charge in [-0.25, -0.2) is 0 Å². The van der Waals surface area contributed by atoms with Crippen molar-refractivity contribution in [2.45, 2.75) is 82.6 Å². The van der Waals surface area contributed by atoms with E-state index in [4.69, 9.17) is 10.5 Å². The molecule has 2 N–H and O–H groups in total. The molecule has 0 bridgehead atoms. The van der Waals surface area contributed by atoms with Crippen LogP contribution in [0.2, 0.25) is 0 Å². The van der Waals surface area contributed by atoms with Crippen LogP contribution in [0.4, 0.5) is 0 Å². The molecule has 0 aromatic rings. The molecule has 1 aliphatic carbocycles. The van der Waals surface area contributed by atoms with E-state index in [-0.39, 0.29) is 22.8 Å². The van der Waals surface area contributed by atoms with Crippen molar-refractivity contribution in [3.8, 4) is 0 Å². The number of nitrogens with two attached hydrogens (primary N) is 1. The Labute approximate surface area is 118 Å². The van der Waals surface area contributed by atoms with E-state index in [0.717, 1.165) is 6.42 Å². The molecule has 0 aromatic heterocycles. The summed E-state index contributed by atoms with van der Waals surface area (Å²) in [6.45, 7) is 8.81. The molecule has 0 amide bonds. The molecular formula is C16H32N2O. The topological polar surface area (TPSA) is 38.5 Å². The average molecular weight is 268 g/mol. The molecule has 2 aliphatic rings. The molecular weight excluding hydrogens is 236 g/mol. The quantitative estimate of drug-likeness (QED) is 0.855. The second kappa shape index (κ2) is 4.71. The fourth-order valence-corrected chi connectivity index (χ4v) is 4.60. The highest BCUT2D eigenvalue weighted by atomic mass is 16.5. The van der Waals surface area contributed by atoms with Gasteiger partial charge in [-0.05, 0) is 61.1 Å². The van der Waals surface area contributed by atoms with Gasteiger partial charge in [0.25, 0.3) is 0 Å². The van der Waals surface area contributed by atoms with Gasteiger partial charge in [0.2, 0.25) is 0 Å². The number of likely N-dealkylation sites (N-methyl/N-ethyl adjacent to an activating group) is 1. The van der Waals surface area contributed by atoms with Crippen molar-refractivity contribution in [1.29, 1.82) is 0 Å². The Hall–Kier alpha value is -0.120. The Balaban J connectivity index is 2.25. The van der Waals surface area contributed by atoms with Crippen LogP contribution < -0.4 is 5.73 Å².